The van der Waals surface area contributed by atoms with Gasteiger partial charge in [-0.05, 0) is 29.8 Å². The lowest BCUT2D eigenvalue weighted by Gasteiger charge is -2.17. The lowest BCUT2D eigenvalue weighted by Crippen LogP contribution is -2.27. The van der Waals surface area contributed by atoms with Crippen LogP contribution in [0.2, 0.25) is 0 Å². The van der Waals surface area contributed by atoms with E-state index in [4.69, 9.17) is 4.74 Å². The Morgan fingerprint density at radius 2 is 1.76 bits per heavy atom. The number of thioether (sulfide) groups is 1. The van der Waals surface area contributed by atoms with Crippen molar-refractivity contribution in [2.75, 3.05) is 19.9 Å². The summed E-state index contributed by atoms with van der Waals surface area (Å²) >= 11 is 1.54. The summed E-state index contributed by atoms with van der Waals surface area (Å²) < 4.78 is 5.11. The number of nitrogens with zero attached hydrogens (tertiary/aromatic N) is 1. The van der Waals surface area contributed by atoms with Crippen LogP contribution < -0.4 is 4.74 Å². The van der Waals surface area contributed by atoms with Crippen molar-refractivity contribution >= 4 is 17.7 Å². The van der Waals surface area contributed by atoms with E-state index in [1.54, 1.807) is 12.0 Å². The molecule has 2 rings (SSSR count). The summed E-state index contributed by atoms with van der Waals surface area (Å²) in [6.45, 7) is 0.642. The predicted octanol–water partition coefficient (Wildman–Crippen LogP) is 3.45. The molecule has 0 aromatic heterocycles. The second-order valence-electron chi connectivity index (χ2n) is 4.70. The lowest BCUT2D eigenvalue weighted by molar-refractivity contribution is -0.127. The Morgan fingerprint density at radius 1 is 1.10 bits per heavy atom. The number of methoxy groups -OCH3 is 1. The summed E-state index contributed by atoms with van der Waals surface area (Å²) in [7, 11) is 3.48. The second kappa shape index (κ2) is 7.74. The molecule has 3 nitrogen and oxygen atoms in total. The zero-order valence-corrected chi connectivity index (χ0v) is 13.1. The summed E-state index contributed by atoms with van der Waals surface area (Å²) in [6.07, 6.45) is 0. The molecule has 2 aromatic rings. The highest BCUT2D eigenvalue weighted by atomic mass is 32.2. The minimum absolute atomic E-state index is 0.125. The molecule has 21 heavy (non-hydrogen) atoms. The third-order valence-electron chi connectivity index (χ3n) is 3.11. The van der Waals surface area contributed by atoms with Gasteiger partial charge in [-0.15, -0.1) is 11.8 Å². The Hall–Kier alpha value is -1.94. The Balaban J connectivity index is 1.83. The van der Waals surface area contributed by atoms with Crippen LogP contribution in [0.1, 0.15) is 5.56 Å². The fourth-order valence-electron chi connectivity index (χ4n) is 1.87. The Kier molecular flexibility index (Phi) is 5.69. The van der Waals surface area contributed by atoms with Crippen molar-refractivity contribution in [1.82, 2.24) is 4.90 Å². The highest BCUT2D eigenvalue weighted by Crippen LogP contribution is 2.21. The normalized spacial score (nSPS) is 10.2. The Morgan fingerprint density at radius 3 is 2.38 bits per heavy atom. The molecule has 0 aliphatic heterocycles. The minimum atomic E-state index is 0.125. The van der Waals surface area contributed by atoms with Crippen LogP contribution in [-0.4, -0.2) is 30.7 Å². The maximum Gasteiger partial charge on any atom is 0.232 e. The third-order valence-corrected chi connectivity index (χ3v) is 4.11. The smallest absolute Gasteiger partial charge is 0.232 e. The van der Waals surface area contributed by atoms with E-state index >= 15 is 0 Å². The Labute approximate surface area is 129 Å². The maximum absolute atomic E-state index is 12.1. The first-order valence-corrected chi connectivity index (χ1v) is 7.72. The van der Waals surface area contributed by atoms with Crippen molar-refractivity contribution in [3.63, 3.8) is 0 Å². The van der Waals surface area contributed by atoms with Crippen LogP contribution in [0, 0.1) is 0 Å². The first-order chi connectivity index (χ1) is 10.2. The molecule has 4 heteroatoms. The van der Waals surface area contributed by atoms with Crippen LogP contribution in [-0.2, 0) is 11.3 Å². The Bertz CT molecular complexity index is 569. The molecule has 110 valence electrons. The highest BCUT2D eigenvalue weighted by Gasteiger charge is 2.09. The van der Waals surface area contributed by atoms with Crippen LogP contribution in [0.15, 0.2) is 59.5 Å². The molecule has 0 spiro atoms. The van der Waals surface area contributed by atoms with E-state index in [0.29, 0.717) is 12.3 Å². The molecule has 2 aromatic carbocycles. The minimum Gasteiger partial charge on any atom is -0.497 e. The summed E-state index contributed by atoms with van der Waals surface area (Å²) in [4.78, 5) is 14.9. The number of carbonyl (C=O) groups is 1. The van der Waals surface area contributed by atoms with E-state index in [1.165, 1.54) is 11.8 Å². The van der Waals surface area contributed by atoms with Gasteiger partial charge in [-0.3, -0.25) is 4.79 Å². The number of hydrogen-bond acceptors (Lipinski definition) is 3. The molecular formula is C17H19NO2S. The molecule has 0 radical (unpaired) electrons. The van der Waals surface area contributed by atoms with Gasteiger partial charge in [0.2, 0.25) is 5.91 Å². The van der Waals surface area contributed by atoms with E-state index < -0.39 is 0 Å². The topological polar surface area (TPSA) is 29.5 Å². The summed E-state index contributed by atoms with van der Waals surface area (Å²) in [5.41, 5.74) is 1.14. The number of ether oxygens (including phenoxy) is 1. The summed E-state index contributed by atoms with van der Waals surface area (Å²) in [5.74, 6) is 1.39. The SMILES string of the molecule is COc1ccc(SCC(=O)N(C)Cc2ccccc2)cc1. The molecular weight excluding hydrogens is 282 g/mol. The van der Waals surface area contributed by atoms with Crippen molar-refractivity contribution in [2.24, 2.45) is 0 Å². The molecule has 0 aliphatic carbocycles. The first-order valence-electron chi connectivity index (χ1n) is 6.74. The lowest BCUT2D eigenvalue weighted by atomic mass is 10.2. The molecule has 0 saturated heterocycles. The summed E-state index contributed by atoms with van der Waals surface area (Å²) in [6, 6.07) is 17.7. The van der Waals surface area contributed by atoms with Crippen molar-refractivity contribution in [3.05, 3.63) is 60.2 Å². The highest BCUT2D eigenvalue weighted by molar-refractivity contribution is 8.00. The van der Waals surface area contributed by atoms with Gasteiger partial charge in [-0.25, -0.2) is 0 Å². The number of amides is 1. The zero-order chi connectivity index (χ0) is 15.1. The molecule has 0 N–H and O–H groups in total. The van der Waals surface area contributed by atoms with Crippen molar-refractivity contribution < 1.29 is 9.53 Å². The standard InChI is InChI=1S/C17H19NO2S/c1-18(12-14-6-4-3-5-7-14)17(19)13-21-16-10-8-15(20-2)9-11-16/h3-11H,12-13H2,1-2H3. The first kappa shape index (κ1) is 15.4. The molecule has 1 amide bonds. The van der Waals surface area contributed by atoms with Gasteiger partial charge in [0.25, 0.3) is 0 Å². The third kappa shape index (κ3) is 4.83. The van der Waals surface area contributed by atoms with Gasteiger partial charge in [0.15, 0.2) is 0 Å². The second-order valence-corrected chi connectivity index (χ2v) is 5.75. The zero-order valence-electron chi connectivity index (χ0n) is 12.3. The average molecular weight is 301 g/mol. The van der Waals surface area contributed by atoms with Gasteiger partial charge >= 0.3 is 0 Å². The van der Waals surface area contributed by atoms with Gasteiger partial charge in [-0.2, -0.15) is 0 Å². The van der Waals surface area contributed by atoms with Crippen LogP contribution in [0.3, 0.4) is 0 Å². The van der Waals surface area contributed by atoms with Crippen LogP contribution in [0.5, 0.6) is 5.75 Å². The van der Waals surface area contributed by atoms with E-state index in [0.717, 1.165) is 16.2 Å². The van der Waals surface area contributed by atoms with Crippen molar-refractivity contribution in [1.29, 1.82) is 0 Å². The molecule has 0 saturated carbocycles. The van der Waals surface area contributed by atoms with Gasteiger partial charge < -0.3 is 9.64 Å². The molecule has 0 aliphatic rings. The number of hydrogen-bond donors (Lipinski definition) is 0. The van der Waals surface area contributed by atoms with Crippen LogP contribution >= 0.6 is 11.8 Å². The number of benzene rings is 2. The van der Waals surface area contributed by atoms with Crippen LogP contribution in [0.4, 0.5) is 0 Å². The van der Waals surface area contributed by atoms with E-state index in [2.05, 4.69) is 0 Å². The number of rotatable bonds is 6. The van der Waals surface area contributed by atoms with Gasteiger partial charge in [0, 0.05) is 18.5 Å². The van der Waals surface area contributed by atoms with Crippen molar-refractivity contribution in [2.45, 2.75) is 11.4 Å². The van der Waals surface area contributed by atoms with Crippen LogP contribution in [0.25, 0.3) is 0 Å². The van der Waals surface area contributed by atoms with Gasteiger partial charge in [0.05, 0.1) is 12.9 Å². The molecule has 0 bridgehead atoms. The van der Waals surface area contributed by atoms with Gasteiger partial charge in [-0.1, -0.05) is 30.3 Å². The molecule has 0 fully saturated rings. The monoisotopic (exact) mass is 301 g/mol. The van der Waals surface area contributed by atoms with E-state index in [-0.39, 0.29) is 5.91 Å². The quantitative estimate of drug-likeness (QED) is 0.765. The molecule has 0 heterocycles. The predicted molar refractivity (Wildman–Crippen MR) is 86.6 cm³/mol. The molecule has 0 atom stereocenters. The fourth-order valence-corrected chi connectivity index (χ4v) is 2.71. The number of carbonyl (C=O) groups excluding carboxylic acids is 1. The van der Waals surface area contributed by atoms with E-state index in [1.807, 2.05) is 61.6 Å². The van der Waals surface area contributed by atoms with Gasteiger partial charge in [0.1, 0.15) is 5.75 Å². The average Bonchev–Trinajstić information content (AvgIpc) is 2.54. The molecule has 0 unspecified atom stereocenters. The van der Waals surface area contributed by atoms with E-state index in [9.17, 15) is 4.79 Å². The largest absolute Gasteiger partial charge is 0.497 e. The summed E-state index contributed by atoms with van der Waals surface area (Å²) in [5, 5.41) is 0. The van der Waals surface area contributed by atoms with Crippen molar-refractivity contribution in [3.8, 4) is 5.75 Å². The fraction of sp³-hybridized carbons (Fsp3) is 0.235. The maximum atomic E-state index is 12.1.